The summed E-state index contributed by atoms with van der Waals surface area (Å²) in [4.78, 5) is 11.5. The van der Waals surface area contributed by atoms with Gasteiger partial charge in [0.25, 0.3) is 0 Å². The highest BCUT2D eigenvalue weighted by molar-refractivity contribution is 7.99. The van der Waals surface area contributed by atoms with E-state index in [1.807, 2.05) is 30.3 Å². The monoisotopic (exact) mass is 191 g/mol. The number of hydrogen-bond acceptors (Lipinski definition) is 2. The molecule has 2 nitrogen and oxygen atoms in total. The van der Waals surface area contributed by atoms with Crippen LogP contribution in [0.3, 0.4) is 0 Å². The van der Waals surface area contributed by atoms with E-state index in [2.05, 4.69) is 5.32 Å². The summed E-state index contributed by atoms with van der Waals surface area (Å²) in [6.07, 6.45) is 0. The lowest BCUT2D eigenvalue weighted by molar-refractivity contribution is 0.260. The SMILES string of the molecule is [B]C(=O)NCCSc1ccccc1. The Morgan fingerprint density at radius 3 is 2.69 bits per heavy atom. The summed E-state index contributed by atoms with van der Waals surface area (Å²) in [5.41, 5.74) is 0. The number of benzene rings is 1. The Morgan fingerprint density at radius 1 is 1.38 bits per heavy atom. The number of rotatable bonds is 4. The van der Waals surface area contributed by atoms with Gasteiger partial charge in [0.15, 0.2) is 13.7 Å². The fourth-order valence-corrected chi connectivity index (χ4v) is 1.65. The van der Waals surface area contributed by atoms with Crippen molar-refractivity contribution in [1.29, 1.82) is 0 Å². The molecule has 4 heteroatoms. The second-order valence-electron chi connectivity index (χ2n) is 2.45. The van der Waals surface area contributed by atoms with E-state index in [-0.39, 0.29) is 0 Å². The molecule has 0 atom stereocenters. The Bertz CT molecular complexity index is 266. The van der Waals surface area contributed by atoms with Gasteiger partial charge in [0.2, 0.25) is 0 Å². The quantitative estimate of drug-likeness (QED) is 0.445. The third-order valence-electron chi connectivity index (χ3n) is 1.41. The predicted octanol–water partition coefficient (Wildman–Crippen LogP) is 1.66. The van der Waals surface area contributed by atoms with Gasteiger partial charge < -0.3 is 5.32 Å². The molecule has 0 heterocycles. The van der Waals surface area contributed by atoms with Gasteiger partial charge in [-0.3, -0.25) is 4.79 Å². The van der Waals surface area contributed by atoms with Crippen molar-refractivity contribution < 1.29 is 4.79 Å². The van der Waals surface area contributed by atoms with Crippen molar-refractivity contribution in [1.82, 2.24) is 5.32 Å². The smallest absolute Gasteiger partial charge is 0.200 e. The number of nitrogens with one attached hydrogen (secondary N) is 1. The Kier molecular flexibility index (Phi) is 4.47. The normalized spacial score (nSPS) is 9.54. The summed E-state index contributed by atoms with van der Waals surface area (Å²) < 4.78 is 0. The van der Waals surface area contributed by atoms with Crippen LogP contribution in [0.5, 0.6) is 0 Å². The molecule has 13 heavy (non-hydrogen) atoms. The van der Waals surface area contributed by atoms with Gasteiger partial charge >= 0.3 is 0 Å². The summed E-state index contributed by atoms with van der Waals surface area (Å²) in [5.74, 6) is 0.376. The van der Waals surface area contributed by atoms with Gasteiger partial charge in [-0.15, -0.1) is 11.8 Å². The van der Waals surface area contributed by atoms with Gasteiger partial charge in [-0.05, 0) is 12.1 Å². The Labute approximate surface area is 83.5 Å². The molecule has 0 bridgehead atoms. The molecule has 0 aliphatic carbocycles. The van der Waals surface area contributed by atoms with Crippen molar-refractivity contribution >= 4 is 25.4 Å². The summed E-state index contributed by atoms with van der Waals surface area (Å²) in [6, 6.07) is 10.0. The molecule has 0 aliphatic rings. The molecule has 1 aromatic carbocycles. The van der Waals surface area contributed by atoms with Gasteiger partial charge in [0.1, 0.15) is 0 Å². The van der Waals surface area contributed by atoms with E-state index in [0.717, 1.165) is 5.75 Å². The number of thioether (sulfide) groups is 1. The van der Waals surface area contributed by atoms with Crippen LogP contribution in [0.2, 0.25) is 0 Å². The lowest BCUT2D eigenvalue weighted by atomic mass is 10.1. The summed E-state index contributed by atoms with van der Waals surface area (Å²) >= 11 is 1.69. The average molecular weight is 191 g/mol. The minimum atomic E-state index is -0.464. The van der Waals surface area contributed by atoms with Gasteiger partial charge in [-0.2, -0.15) is 0 Å². The number of amides is 1. The molecular weight excluding hydrogens is 181 g/mol. The van der Waals surface area contributed by atoms with Crippen LogP contribution in [-0.2, 0) is 0 Å². The van der Waals surface area contributed by atoms with Crippen LogP contribution >= 0.6 is 11.8 Å². The largest absolute Gasteiger partial charge is 0.365 e. The highest BCUT2D eigenvalue weighted by Crippen LogP contribution is 2.15. The van der Waals surface area contributed by atoms with Gasteiger partial charge in [-0.1, -0.05) is 18.2 Å². The van der Waals surface area contributed by atoms with Crippen molar-refractivity contribution in [2.45, 2.75) is 4.90 Å². The molecule has 0 aromatic heterocycles. The molecule has 2 radical (unpaired) electrons. The van der Waals surface area contributed by atoms with E-state index < -0.39 is 5.81 Å². The maximum absolute atomic E-state index is 10.3. The Balaban J connectivity index is 2.17. The van der Waals surface area contributed by atoms with E-state index in [0.29, 0.717) is 6.54 Å². The molecule has 0 unspecified atom stereocenters. The van der Waals surface area contributed by atoms with Crippen LogP contribution in [0.4, 0.5) is 4.79 Å². The molecule has 1 N–H and O–H groups in total. The maximum atomic E-state index is 10.3. The molecule has 0 aliphatic heterocycles. The van der Waals surface area contributed by atoms with Crippen LogP contribution in [0.15, 0.2) is 35.2 Å². The molecule has 0 saturated carbocycles. The fourth-order valence-electron chi connectivity index (χ4n) is 0.860. The van der Waals surface area contributed by atoms with Gasteiger partial charge in [0.05, 0.1) is 0 Å². The molecule has 1 rings (SSSR count). The Morgan fingerprint density at radius 2 is 2.08 bits per heavy atom. The van der Waals surface area contributed by atoms with E-state index in [4.69, 9.17) is 7.85 Å². The highest BCUT2D eigenvalue weighted by Gasteiger charge is 1.92. The second kappa shape index (κ2) is 5.70. The van der Waals surface area contributed by atoms with E-state index in [1.54, 1.807) is 11.8 Å². The number of hydrogen-bond donors (Lipinski definition) is 1. The number of carbonyl (C=O) groups excluding carboxylic acids is 1. The first-order valence-corrected chi connectivity index (χ1v) is 4.99. The molecule has 0 saturated heterocycles. The summed E-state index contributed by atoms with van der Waals surface area (Å²) in [7, 11) is 4.91. The third-order valence-corrected chi connectivity index (χ3v) is 2.43. The topological polar surface area (TPSA) is 29.1 Å². The minimum absolute atomic E-state index is 0.464. The van der Waals surface area contributed by atoms with Crippen molar-refractivity contribution in [3.05, 3.63) is 30.3 Å². The third kappa shape index (κ3) is 4.63. The minimum Gasteiger partial charge on any atom is -0.365 e. The fraction of sp³-hybridized carbons (Fsp3) is 0.222. The first-order valence-electron chi connectivity index (χ1n) is 4.00. The van der Waals surface area contributed by atoms with Gasteiger partial charge in [0, 0.05) is 17.2 Å². The first kappa shape index (κ1) is 10.2. The van der Waals surface area contributed by atoms with E-state index in [9.17, 15) is 4.79 Å². The van der Waals surface area contributed by atoms with Crippen molar-refractivity contribution in [3.8, 4) is 0 Å². The number of carbonyl (C=O) groups is 1. The molecule has 1 aromatic rings. The van der Waals surface area contributed by atoms with Crippen molar-refractivity contribution in [2.75, 3.05) is 12.3 Å². The second-order valence-corrected chi connectivity index (χ2v) is 3.62. The first-order chi connectivity index (χ1) is 6.29. The van der Waals surface area contributed by atoms with Crippen molar-refractivity contribution in [3.63, 3.8) is 0 Å². The van der Waals surface area contributed by atoms with Crippen LogP contribution in [0, 0.1) is 0 Å². The predicted molar refractivity (Wildman–Crippen MR) is 56.3 cm³/mol. The molecule has 66 valence electrons. The average Bonchev–Trinajstić information content (AvgIpc) is 2.14. The zero-order chi connectivity index (χ0) is 9.52. The summed E-state index contributed by atoms with van der Waals surface area (Å²) in [6.45, 7) is 0.606. The van der Waals surface area contributed by atoms with Crippen LogP contribution in [0.1, 0.15) is 0 Å². The van der Waals surface area contributed by atoms with Gasteiger partial charge in [-0.25, -0.2) is 0 Å². The van der Waals surface area contributed by atoms with Crippen LogP contribution in [-0.4, -0.2) is 26.0 Å². The lowest BCUT2D eigenvalue weighted by Gasteiger charge is -2.01. The molecule has 0 spiro atoms. The zero-order valence-electron chi connectivity index (χ0n) is 7.19. The molecule has 0 fully saturated rings. The maximum Gasteiger partial charge on any atom is 0.200 e. The van der Waals surface area contributed by atoms with Crippen LogP contribution < -0.4 is 5.32 Å². The standard InChI is InChI=1S/C9H10BNOS/c10-9(12)11-6-7-13-8-4-2-1-3-5-8/h1-5H,6-7H2,(H,11,12). The zero-order valence-corrected chi connectivity index (χ0v) is 8.01. The van der Waals surface area contributed by atoms with E-state index >= 15 is 0 Å². The van der Waals surface area contributed by atoms with E-state index in [1.165, 1.54) is 4.90 Å². The lowest BCUT2D eigenvalue weighted by Crippen LogP contribution is -2.23. The molecular formula is C9H10BNOS. The molecule has 1 amide bonds. The highest BCUT2D eigenvalue weighted by atomic mass is 32.2. The van der Waals surface area contributed by atoms with Crippen LogP contribution in [0.25, 0.3) is 0 Å². The summed E-state index contributed by atoms with van der Waals surface area (Å²) in [5, 5.41) is 2.53. The van der Waals surface area contributed by atoms with Crippen molar-refractivity contribution in [2.24, 2.45) is 0 Å². The Hall–Kier alpha value is -0.895.